The Morgan fingerprint density at radius 2 is 1.81 bits per heavy atom. The van der Waals surface area contributed by atoms with Gasteiger partial charge in [-0.2, -0.15) is 18.2 Å². The van der Waals surface area contributed by atoms with E-state index in [0.29, 0.717) is 29.8 Å². The number of hydrogen-bond acceptors (Lipinski definition) is 6. The molecule has 2 aliphatic rings. The van der Waals surface area contributed by atoms with Crippen molar-refractivity contribution in [2.75, 3.05) is 16.8 Å². The van der Waals surface area contributed by atoms with Crippen molar-refractivity contribution in [1.82, 2.24) is 19.5 Å². The second-order valence-corrected chi connectivity index (χ2v) is 10.5. The van der Waals surface area contributed by atoms with Crippen LogP contribution in [0.3, 0.4) is 0 Å². The maximum absolute atomic E-state index is 13.2. The van der Waals surface area contributed by atoms with Crippen LogP contribution in [0.2, 0.25) is 0 Å². The number of imidazole rings is 1. The van der Waals surface area contributed by atoms with Crippen molar-refractivity contribution in [1.29, 1.82) is 5.41 Å². The molecule has 10 heteroatoms. The molecule has 3 heterocycles. The molecule has 1 saturated carbocycles. The molecule has 198 valence electrons. The normalized spacial score (nSPS) is 19.6. The number of piperidine rings is 1. The Kier molecular flexibility index (Phi) is 6.85. The number of nitrogens with one attached hydrogen (secondary N) is 2. The first-order chi connectivity index (χ1) is 17.6. The van der Waals surface area contributed by atoms with E-state index in [1.54, 1.807) is 6.92 Å². The van der Waals surface area contributed by atoms with Crippen molar-refractivity contribution in [3.63, 3.8) is 0 Å². The lowest BCUT2D eigenvalue weighted by molar-refractivity contribution is -0.137. The standard InChI is InChI=1S/C27H34F3N7/c1-16-7-4-5-14-36(16)26-35-25-22(37(26)15-19-10-12-21(13-11-19)27(28,29)30)24(33-23(34-25)17(2)31)32-18(3)20-8-6-9-20/h10-13,16,18,20,31H,4-9,14-15H2,1-3H3,(H,32,33,34)/t16?,18-/m1/s1. The van der Waals surface area contributed by atoms with Gasteiger partial charge in [0, 0.05) is 18.6 Å². The molecule has 1 aromatic carbocycles. The highest BCUT2D eigenvalue weighted by molar-refractivity contribution is 5.96. The minimum atomic E-state index is -4.38. The summed E-state index contributed by atoms with van der Waals surface area (Å²) in [5.41, 5.74) is 1.56. The first-order valence-corrected chi connectivity index (χ1v) is 13.1. The highest BCUT2D eigenvalue weighted by atomic mass is 19.4. The average molecular weight is 514 g/mol. The molecule has 0 radical (unpaired) electrons. The van der Waals surface area contributed by atoms with Gasteiger partial charge in [0.2, 0.25) is 5.95 Å². The van der Waals surface area contributed by atoms with Crippen LogP contribution in [-0.4, -0.2) is 43.9 Å². The summed E-state index contributed by atoms with van der Waals surface area (Å²) >= 11 is 0. The van der Waals surface area contributed by atoms with E-state index in [9.17, 15) is 13.2 Å². The van der Waals surface area contributed by atoms with E-state index in [0.717, 1.165) is 55.0 Å². The Balaban J connectivity index is 1.64. The van der Waals surface area contributed by atoms with Gasteiger partial charge in [-0.15, -0.1) is 0 Å². The van der Waals surface area contributed by atoms with E-state index in [1.807, 2.05) is 4.57 Å². The molecule has 37 heavy (non-hydrogen) atoms. The lowest BCUT2D eigenvalue weighted by Crippen LogP contribution is -2.39. The maximum Gasteiger partial charge on any atom is 0.416 e. The van der Waals surface area contributed by atoms with Gasteiger partial charge in [0.1, 0.15) is 5.52 Å². The van der Waals surface area contributed by atoms with E-state index in [1.165, 1.54) is 31.4 Å². The number of rotatable bonds is 7. The molecule has 2 aromatic heterocycles. The fourth-order valence-electron chi connectivity index (χ4n) is 5.31. The number of fused-ring (bicyclic) bond motifs is 1. The second kappa shape index (κ2) is 9.95. The molecular formula is C27H34F3N7. The third-order valence-corrected chi connectivity index (χ3v) is 7.82. The molecule has 0 spiro atoms. The summed E-state index contributed by atoms with van der Waals surface area (Å²) in [5, 5.41) is 11.8. The van der Waals surface area contributed by atoms with Crippen molar-refractivity contribution < 1.29 is 13.2 Å². The van der Waals surface area contributed by atoms with Crippen LogP contribution >= 0.6 is 0 Å². The van der Waals surface area contributed by atoms with Gasteiger partial charge < -0.3 is 20.2 Å². The number of halogens is 3. The van der Waals surface area contributed by atoms with Gasteiger partial charge in [0.25, 0.3) is 0 Å². The molecule has 1 aliphatic carbocycles. The third kappa shape index (κ3) is 5.15. The zero-order valence-electron chi connectivity index (χ0n) is 21.6. The lowest BCUT2D eigenvalue weighted by atomic mass is 9.80. The highest BCUT2D eigenvalue weighted by Gasteiger charge is 2.31. The van der Waals surface area contributed by atoms with E-state index in [4.69, 9.17) is 15.4 Å². The number of aromatic nitrogens is 4. The van der Waals surface area contributed by atoms with E-state index >= 15 is 0 Å². The summed E-state index contributed by atoms with van der Waals surface area (Å²) < 4.78 is 41.5. The zero-order valence-corrected chi connectivity index (χ0v) is 21.6. The number of benzene rings is 1. The number of nitrogens with zero attached hydrogens (tertiary/aromatic N) is 5. The number of anilines is 2. The molecule has 5 rings (SSSR count). The molecule has 2 atom stereocenters. The summed E-state index contributed by atoms with van der Waals surface area (Å²) in [4.78, 5) is 16.6. The first-order valence-electron chi connectivity index (χ1n) is 13.1. The highest BCUT2D eigenvalue weighted by Crippen LogP contribution is 2.35. The molecular weight excluding hydrogens is 479 g/mol. The maximum atomic E-state index is 13.2. The lowest BCUT2D eigenvalue weighted by Gasteiger charge is -2.34. The zero-order chi connectivity index (χ0) is 26.3. The van der Waals surface area contributed by atoms with Crippen LogP contribution in [0, 0.1) is 11.3 Å². The van der Waals surface area contributed by atoms with Crippen molar-refractivity contribution >= 4 is 28.6 Å². The van der Waals surface area contributed by atoms with Gasteiger partial charge in [-0.25, -0.2) is 9.97 Å². The minimum Gasteiger partial charge on any atom is -0.365 e. The Morgan fingerprint density at radius 3 is 2.41 bits per heavy atom. The van der Waals surface area contributed by atoms with Crippen molar-refractivity contribution in [2.24, 2.45) is 5.92 Å². The van der Waals surface area contributed by atoms with Crippen molar-refractivity contribution in [2.45, 2.75) is 84.1 Å². The predicted molar refractivity (Wildman–Crippen MR) is 139 cm³/mol. The molecule has 2 fully saturated rings. The van der Waals surface area contributed by atoms with Crippen LogP contribution < -0.4 is 10.2 Å². The molecule has 7 nitrogen and oxygen atoms in total. The van der Waals surface area contributed by atoms with Crippen molar-refractivity contribution in [3.8, 4) is 0 Å². The second-order valence-electron chi connectivity index (χ2n) is 10.5. The van der Waals surface area contributed by atoms with E-state index in [2.05, 4.69) is 29.0 Å². The molecule has 0 amide bonds. The quantitative estimate of drug-likeness (QED) is 0.365. The topological polar surface area (TPSA) is 82.7 Å². The van der Waals surface area contributed by atoms with Gasteiger partial charge in [0.15, 0.2) is 17.3 Å². The van der Waals surface area contributed by atoms with Crippen LogP contribution in [0.4, 0.5) is 24.9 Å². The minimum absolute atomic E-state index is 0.192. The van der Waals surface area contributed by atoms with E-state index < -0.39 is 11.7 Å². The molecule has 0 bridgehead atoms. The van der Waals surface area contributed by atoms with Gasteiger partial charge in [-0.3, -0.25) is 0 Å². The third-order valence-electron chi connectivity index (χ3n) is 7.82. The van der Waals surface area contributed by atoms with Crippen LogP contribution in [0.5, 0.6) is 0 Å². The van der Waals surface area contributed by atoms with E-state index in [-0.39, 0.29) is 17.8 Å². The van der Waals surface area contributed by atoms with Crippen LogP contribution in [-0.2, 0) is 12.7 Å². The van der Waals surface area contributed by atoms with Gasteiger partial charge >= 0.3 is 6.18 Å². The summed E-state index contributed by atoms with van der Waals surface area (Å²) in [7, 11) is 0. The Labute approximate surface area is 215 Å². The van der Waals surface area contributed by atoms with Gasteiger partial charge in [-0.05, 0) is 76.5 Å². The SMILES string of the molecule is CC(=N)c1nc(N[C@H](C)C2CCC2)c2c(n1)nc(N1CCCCC1C)n2Cc1ccc(C(F)(F)F)cc1. The number of hydrogen-bond donors (Lipinski definition) is 2. The van der Waals surface area contributed by atoms with Crippen molar-refractivity contribution in [3.05, 3.63) is 41.2 Å². The predicted octanol–water partition coefficient (Wildman–Crippen LogP) is 6.26. The molecule has 3 aromatic rings. The Morgan fingerprint density at radius 1 is 1.08 bits per heavy atom. The summed E-state index contributed by atoms with van der Waals surface area (Å²) in [6, 6.07) is 5.78. The summed E-state index contributed by atoms with van der Waals surface area (Å²) in [6.07, 6.45) is 2.43. The van der Waals surface area contributed by atoms with Crippen LogP contribution in [0.1, 0.15) is 76.2 Å². The fraction of sp³-hybridized carbons (Fsp3) is 0.556. The van der Waals surface area contributed by atoms with Crippen LogP contribution in [0.15, 0.2) is 24.3 Å². The van der Waals surface area contributed by atoms with Gasteiger partial charge in [-0.1, -0.05) is 18.6 Å². The molecule has 2 N–H and O–H groups in total. The average Bonchev–Trinajstić information content (AvgIpc) is 3.16. The van der Waals surface area contributed by atoms with Crippen LogP contribution in [0.25, 0.3) is 11.2 Å². The Bertz CT molecular complexity index is 1280. The fourth-order valence-corrected chi connectivity index (χ4v) is 5.31. The molecule has 1 saturated heterocycles. The first kappa shape index (κ1) is 25.5. The molecule has 1 unspecified atom stereocenters. The summed E-state index contributed by atoms with van der Waals surface area (Å²) in [5.74, 6) is 2.26. The number of alkyl halides is 3. The summed E-state index contributed by atoms with van der Waals surface area (Å²) in [6.45, 7) is 7.18. The largest absolute Gasteiger partial charge is 0.416 e. The van der Waals surface area contributed by atoms with Gasteiger partial charge in [0.05, 0.1) is 17.8 Å². The Hall–Kier alpha value is -3.17. The molecule has 1 aliphatic heterocycles. The monoisotopic (exact) mass is 513 g/mol. The smallest absolute Gasteiger partial charge is 0.365 e.